The molecule has 4 aromatic rings. The van der Waals surface area contributed by atoms with Gasteiger partial charge in [-0.2, -0.15) is 0 Å². The number of anilines is 1. The van der Waals surface area contributed by atoms with Crippen LogP contribution in [0.15, 0.2) is 66.7 Å². The number of benzene rings is 3. The molecule has 0 fully saturated rings. The number of carbonyl (C=O) groups is 2. The average Bonchev–Trinajstić information content (AvgIpc) is 3.23. The zero-order valence-corrected chi connectivity index (χ0v) is 25.2. The number of amides is 1. The molecule has 7 nitrogen and oxygen atoms in total. The monoisotopic (exact) mass is 555 g/mol. The number of imidazole rings is 1. The van der Waals surface area contributed by atoms with Gasteiger partial charge in [0, 0.05) is 29.6 Å². The third kappa shape index (κ3) is 7.75. The Bertz CT molecular complexity index is 1520. The van der Waals surface area contributed by atoms with Crippen molar-refractivity contribution in [3.05, 3.63) is 78.1 Å². The number of hydrogen-bond acceptors (Lipinski definition) is 5. The highest BCUT2D eigenvalue weighted by Crippen LogP contribution is 2.31. The van der Waals surface area contributed by atoms with E-state index in [0.29, 0.717) is 12.3 Å². The van der Waals surface area contributed by atoms with Gasteiger partial charge in [0.05, 0.1) is 11.0 Å². The molecule has 0 saturated heterocycles. The van der Waals surface area contributed by atoms with Gasteiger partial charge < -0.3 is 19.4 Å². The van der Waals surface area contributed by atoms with E-state index in [4.69, 9.17) is 14.5 Å². The molecule has 0 aliphatic rings. The minimum absolute atomic E-state index is 0.0272. The lowest BCUT2D eigenvalue weighted by atomic mass is 9.95. The summed E-state index contributed by atoms with van der Waals surface area (Å²) in [7, 11) is 0. The number of para-hydroxylation sites is 1. The predicted molar refractivity (Wildman–Crippen MR) is 164 cm³/mol. The molecule has 7 heteroatoms. The average molecular weight is 556 g/mol. The van der Waals surface area contributed by atoms with Gasteiger partial charge in [0.2, 0.25) is 5.91 Å². The van der Waals surface area contributed by atoms with E-state index in [9.17, 15) is 9.59 Å². The fourth-order valence-corrected chi connectivity index (χ4v) is 4.40. The molecule has 41 heavy (non-hydrogen) atoms. The van der Waals surface area contributed by atoms with Gasteiger partial charge in [-0.1, -0.05) is 76.6 Å². The van der Waals surface area contributed by atoms with Crippen molar-refractivity contribution in [3.63, 3.8) is 0 Å². The number of hydrogen-bond donors (Lipinski definition) is 1. The van der Waals surface area contributed by atoms with Crippen LogP contribution in [0.3, 0.4) is 0 Å². The number of unbranched alkanes of at least 4 members (excludes halogenated alkanes) is 1. The first-order valence-electron chi connectivity index (χ1n) is 14.2. The number of ether oxygens (including phenoxy) is 2. The molecule has 1 heterocycles. The third-order valence-electron chi connectivity index (χ3n) is 6.60. The maximum Gasteiger partial charge on any atom is 0.514 e. The molecule has 0 aliphatic heterocycles. The van der Waals surface area contributed by atoms with E-state index >= 15 is 0 Å². The van der Waals surface area contributed by atoms with Crippen LogP contribution < -0.4 is 10.1 Å². The first-order chi connectivity index (χ1) is 19.3. The summed E-state index contributed by atoms with van der Waals surface area (Å²) in [6.45, 7) is 13.9. The van der Waals surface area contributed by atoms with Crippen molar-refractivity contribution < 1.29 is 19.1 Å². The van der Waals surface area contributed by atoms with Gasteiger partial charge in [0.1, 0.15) is 17.2 Å². The largest absolute Gasteiger partial charge is 0.514 e. The van der Waals surface area contributed by atoms with Crippen LogP contribution in [0.4, 0.5) is 10.5 Å². The molecule has 4 rings (SSSR count). The lowest BCUT2D eigenvalue weighted by Crippen LogP contribution is -2.27. The van der Waals surface area contributed by atoms with Gasteiger partial charge in [-0.15, -0.1) is 0 Å². The molecule has 0 saturated carbocycles. The zero-order valence-electron chi connectivity index (χ0n) is 25.2. The van der Waals surface area contributed by atoms with Gasteiger partial charge in [0.25, 0.3) is 0 Å². The fourth-order valence-electron chi connectivity index (χ4n) is 4.40. The lowest BCUT2D eigenvalue weighted by Gasteiger charge is -2.19. The number of fused-ring (bicyclic) bond motifs is 1. The van der Waals surface area contributed by atoms with E-state index < -0.39 is 17.2 Å². The van der Waals surface area contributed by atoms with Crippen LogP contribution >= 0.6 is 0 Å². The standard InChI is InChI=1S/C34H41N3O4/c1-8-9-14-30-36-27-20-19-25(35-31(38)33(2,3)4)21-28(27)37(30)22-23-15-17-24(18-16-23)26-12-10-11-13-29(26)40-32(39)41-34(5,6)7/h10-13,15-21H,8-9,14,22H2,1-7H3,(H,35,38). The fraction of sp³-hybridized carbons (Fsp3) is 0.382. The molecule has 0 spiro atoms. The Kier molecular flexibility index (Phi) is 8.86. The number of aromatic nitrogens is 2. The molecule has 216 valence electrons. The molecule has 3 aromatic carbocycles. The molecule has 1 N–H and O–H groups in total. The quantitative estimate of drug-likeness (QED) is 0.174. The highest BCUT2D eigenvalue weighted by Gasteiger charge is 2.22. The van der Waals surface area contributed by atoms with E-state index in [1.807, 2.05) is 69.3 Å². The van der Waals surface area contributed by atoms with Gasteiger partial charge >= 0.3 is 6.16 Å². The van der Waals surface area contributed by atoms with Crippen molar-refractivity contribution in [2.75, 3.05) is 5.32 Å². The summed E-state index contributed by atoms with van der Waals surface area (Å²) in [5, 5.41) is 3.05. The number of nitrogens with one attached hydrogen (secondary N) is 1. The van der Waals surface area contributed by atoms with E-state index in [0.717, 1.165) is 58.5 Å². The zero-order chi connectivity index (χ0) is 29.8. The number of carbonyl (C=O) groups excluding carboxylic acids is 2. The smallest absolute Gasteiger partial charge is 0.428 e. The van der Waals surface area contributed by atoms with Gasteiger partial charge in [-0.3, -0.25) is 4.79 Å². The van der Waals surface area contributed by atoms with Gasteiger partial charge in [-0.25, -0.2) is 9.78 Å². The van der Waals surface area contributed by atoms with E-state index in [2.05, 4.69) is 28.9 Å². The Balaban J connectivity index is 1.61. The van der Waals surface area contributed by atoms with Gasteiger partial charge in [-0.05, 0) is 62.6 Å². The molecule has 0 unspecified atom stereocenters. The van der Waals surface area contributed by atoms with Crippen LogP contribution in [0, 0.1) is 5.41 Å². The van der Waals surface area contributed by atoms with Crippen LogP contribution in [0.25, 0.3) is 22.2 Å². The number of rotatable bonds is 8. The first kappa shape index (κ1) is 29.8. The maximum absolute atomic E-state index is 12.6. The maximum atomic E-state index is 12.6. The first-order valence-corrected chi connectivity index (χ1v) is 14.2. The van der Waals surface area contributed by atoms with Crippen LogP contribution in [0.1, 0.15) is 72.7 Å². The minimum atomic E-state index is -0.730. The summed E-state index contributed by atoms with van der Waals surface area (Å²) in [6, 6.07) is 21.6. The van der Waals surface area contributed by atoms with E-state index in [-0.39, 0.29) is 5.91 Å². The molecule has 0 aliphatic carbocycles. The second-order valence-electron chi connectivity index (χ2n) is 12.4. The summed E-state index contributed by atoms with van der Waals surface area (Å²) >= 11 is 0. The summed E-state index contributed by atoms with van der Waals surface area (Å²) in [5.41, 5.74) is 4.39. The second kappa shape index (κ2) is 12.2. The van der Waals surface area contributed by atoms with E-state index in [1.54, 1.807) is 26.8 Å². The Labute approximate surface area is 242 Å². The number of aryl methyl sites for hydroxylation is 1. The summed E-state index contributed by atoms with van der Waals surface area (Å²) in [5.74, 6) is 1.45. The Morgan fingerprint density at radius 2 is 1.63 bits per heavy atom. The van der Waals surface area contributed by atoms with Crippen LogP contribution in [0.2, 0.25) is 0 Å². The van der Waals surface area contributed by atoms with Crippen LogP contribution in [0.5, 0.6) is 5.75 Å². The Morgan fingerprint density at radius 3 is 2.29 bits per heavy atom. The van der Waals surface area contributed by atoms with Crippen LogP contribution in [-0.2, 0) is 22.5 Å². The Hall–Kier alpha value is -4.13. The Morgan fingerprint density at radius 1 is 0.927 bits per heavy atom. The molecule has 0 bridgehead atoms. The SMILES string of the molecule is CCCCc1nc2ccc(NC(=O)C(C)(C)C)cc2n1Cc1ccc(-c2ccccc2OC(=O)OC(C)(C)C)cc1. The lowest BCUT2D eigenvalue weighted by molar-refractivity contribution is -0.123. The highest BCUT2D eigenvalue weighted by molar-refractivity contribution is 5.96. The third-order valence-corrected chi connectivity index (χ3v) is 6.60. The molecule has 1 aromatic heterocycles. The number of nitrogens with zero attached hydrogens (tertiary/aromatic N) is 2. The van der Waals surface area contributed by atoms with Crippen molar-refractivity contribution in [1.82, 2.24) is 9.55 Å². The van der Waals surface area contributed by atoms with Crippen LogP contribution in [-0.4, -0.2) is 27.2 Å². The van der Waals surface area contributed by atoms with Crippen molar-refractivity contribution >= 4 is 28.8 Å². The van der Waals surface area contributed by atoms with Crippen molar-refractivity contribution in [2.45, 2.75) is 79.9 Å². The topological polar surface area (TPSA) is 82.5 Å². The predicted octanol–water partition coefficient (Wildman–Crippen LogP) is 8.39. The molecule has 1 amide bonds. The van der Waals surface area contributed by atoms with Gasteiger partial charge in [0.15, 0.2) is 0 Å². The molecular formula is C34H41N3O4. The summed E-state index contributed by atoms with van der Waals surface area (Å²) in [4.78, 5) is 29.9. The molecule has 0 radical (unpaired) electrons. The van der Waals surface area contributed by atoms with E-state index in [1.165, 1.54) is 0 Å². The normalized spacial score (nSPS) is 11.9. The molecule has 0 atom stereocenters. The summed E-state index contributed by atoms with van der Waals surface area (Å²) in [6.07, 6.45) is 2.27. The minimum Gasteiger partial charge on any atom is -0.428 e. The van der Waals surface area contributed by atoms with Crippen molar-refractivity contribution in [2.24, 2.45) is 5.41 Å². The molecular weight excluding hydrogens is 514 g/mol. The van der Waals surface area contributed by atoms with Crippen molar-refractivity contribution in [3.8, 4) is 16.9 Å². The highest BCUT2D eigenvalue weighted by atomic mass is 16.7. The second-order valence-corrected chi connectivity index (χ2v) is 12.4. The van der Waals surface area contributed by atoms with Crippen molar-refractivity contribution in [1.29, 1.82) is 0 Å². The summed E-state index contributed by atoms with van der Waals surface area (Å²) < 4.78 is 13.1.